The number of thioether (sulfide) groups is 1. The molecule has 0 radical (unpaired) electrons. The molecule has 0 N–H and O–H groups in total. The van der Waals surface area contributed by atoms with Crippen molar-refractivity contribution in [2.45, 2.75) is 42.8 Å². The van der Waals surface area contributed by atoms with Crippen molar-refractivity contribution in [3.63, 3.8) is 0 Å². The van der Waals surface area contributed by atoms with Crippen LogP contribution < -0.4 is 10.4 Å². The lowest BCUT2D eigenvalue weighted by Crippen LogP contribution is -2.59. The third-order valence-corrected chi connectivity index (χ3v) is 9.29. The minimum absolute atomic E-state index is 0.00561. The second-order valence-electron chi connectivity index (χ2n) is 10.4. The number of hydrogen-bond donors (Lipinski definition) is 0. The smallest absolute Gasteiger partial charge is 0.185 e. The van der Waals surface area contributed by atoms with E-state index in [1.165, 1.54) is 21.6 Å². The van der Waals surface area contributed by atoms with Gasteiger partial charge < -0.3 is 9.47 Å². The lowest BCUT2D eigenvalue weighted by atomic mass is 9.94. The van der Waals surface area contributed by atoms with Crippen molar-refractivity contribution in [1.29, 1.82) is 0 Å². The first-order chi connectivity index (χ1) is 18.6. The van der Waals surface area contributed by atoms with Gasteiger partial charge in [0.15, 0.2) is 11.7 Å². The predicted molar refractivity (Wildman–Crippen MR) is 151 cm³/mol. The van der Waals surface area contributed by atoms with E-state index in [2.05, 4.69) is 74.9 Å². The zero-order chi connectivity index (χ0) is 26.2. The SMILES string of the molecule is COC1c2c(C)c(=O)ccn2N(C2c3ccccc3CSc3ccccc32)CN1C(C)CN1CCOCC1. The Hall–Kier alpha value is -2.62. The molecule has 2 aromatic carbocycles. The highest BCUT2D eigenvalue weighted by Crippen LogP contribution is 2.44. The minimum atomic E-state index is -0.318. The molecule has 1 aromatic heterocycles. The summed E-state index contributed by atoms with van der Waals surface area (Å²) in [7, 11) is 1.75. The lowest BCUT2D eigenvalue weighted by Gasteiger charge is -2.50. The first kappa shape index (κ1) is 25.6. The first-order valence-corrected chi connectivity index (χ1v) is 14.4. The normalized spacial score (nSPS) is 22.8. The highest BCUT2D eigenvalue weighted by Gasteiger charge is 2.40. The molecule has 8 heteroatoms. The van der Waals surface area contributed by atoms with Crippen LogP contribution in [0.25, 0.3) is 0 Å². The molecule has 200 valence electrons. The average Bonchev–Trinajstić information content (AvgIpc) is 3.11. The monoisotopic (exact) mass is 532 g/mol. The predicted octanol–water partition coefficient (Wildman–Crippen LogP) is 4.13. The highest BCUT2D eigenvalue weighted by molar-refractivity contribution is 7.98. The van der Waals surface area contributed by atoms with Crippen molar-refractivity contribution in [3.05, 3.63) is 99.0 Å². The molecule has 3 aliphatic rings. The number of aromatic nitrogens is 1. The maximum atomic E-state index is 12.9. The van der Waals surface area contributed by atoms with Crippen molar-refractivity contribution < 1.29 is 9.47 Å². The highest BCUT2D eigenvalue weighted by atomic mass is 32.2. The number of rotatable bonds is 5. The van der Waals surface area contributed by atoms with Gasteiger partial charge in [0.1, 0.15) is 0 Å². The number of hydrogen-bond acceptors (Lipinski definition) is 7. The zero-order valence-electron chi connectivity index (χ0n) is 22.4. The number of ether oxygens (including phenoxy) is 2. The van der Waals surface area contributed by atoms with E-state index in [9.17, 15) is 4.79 Å². The number of benzene rings is 2. The fourth-order valence-electron chi connectivity index (χ4n) is 6.13. The quantitative estimate of drug-likeness (QED) is 0.490. The number of morpholine rings is 1. The number of nitrogens with zero attached hydrogens (tertiary/aromatic N) is 4. The summed E-state index contributed by atoms with van der Waals surface area (Å²) in [6, 6.07) is 19.4. The Bertz CT molecular complexity index is 1310. The van der Waals surface area contributed by atoms with Gasteiger partial charge in [-0.1, -0.05) is 42.5 Å². The molecule has 0 spiro atoms. The summed E-state index contributed by atoms with van der Waals surface area (Å²) in [4.78, 5) is 19.1. The van der Waals surface area contributed by atoms with Gasteiger partial charge in [0.2, 0.25) is 0 Å². The first-order valence-electron chi connectivity index (χ1n) is 13.4. The number of pyridine rings is 1. The van der Waals surface area contributed by atoms with E-state index in [1.807, 2.05) is 24.9 Å². The summed E-state index contributed by atoms with van der Waals surface area (Å²) in [6.45, 7) is 9.22. The van der Waals surface area contributed by atoms with Crippen LogP contribution in [0.3, 0.4) is 0 Å². The van der Waals surface area contributed by atoms with E-state index < -0.39 is 0 Å². The molecule has 6 rings (SSSR count). The van der Waals surface area contributed by atoms with Crippen LogP contribution in [0.15, 0.2) is 70.5 Å². The van der Waals surface area contributed by atoms with E-state index in [0.717, 1.165) is 49.9 Å². The molecule has 0 aliphatic carbocycles. The van der Waals surface area contributed by atoms with E-state index in [1.54, 1.807) is 13.2 Å². The van der Waals surface area contributed by atoms with Crippen molar-refractivity contribution >= 4 is 11.8 Å². The summed E-state index contributed by atoms with van der Waals surface area (Å²) in [6.07, 6.45) is 1.62. The van der Waals surface area contributed by atoms with Crippen LogP contribution >= 0.6 is 11.8 Å². The molecule has 3 aliphatic heterocycles. The van der Waals surface area contributed by atoms with Gasteiger partial charge >= 0.3 is 0 Å². The van der Waals surface area contributed by atoms with Crippen molar-refractivity contribution in [1.82, 2.24) is 14.5 Å². The Kier molecular flexibility index (Phi) is 7.33. The van der Waals surface area contributed by atoms with Crippen LogP contribution in [-0.2, 0) is 15.2 Å². The van der Waals surface area contributed by atoms with Crippen molar-refractivity contribution in [2.75, 3.05) is 51.6 Å². The summed E-state index contributed by atoms with van der Waals surface area (Å²) < 4.78 is 14.0. The van der Waals surface area contributed by atoms with Crippen molar-refractivity contribution in [3.8, 4) is 0 Å². The molecular weight excluding hydrogens is 496 g/mol. The molecule has 1 saturated heterocycles. The lowest BCUT2D eigenvalue weighted by molar-refractivity contribution is -0.0860. The maximum Gasteiger partial charge on any atom is 0.185 e. The number of fused-ring (bicyclic) bond motifs is 3. The molecule has 3 atom stereocenters. The molecular formula is C30H36N4O3S. The maximum absolute atomic E-state index is 12.9. The van der Waals surface area contributed by atoms with Gasteiger partial charge in [-0.25, -0.2) is 4.90 Å². The van der Waals surface area contributed by atoms with Gasteiger partial charge in [-0.3, -0.25) is 19.4 Å². The second kappa shape index (κ2) is 10.9. The van der Waals surface area contributed by atoms with Crippen LogP contribution in [0.1, 0.15) is 47.1 Å². The Morgan fingerprint density at radius 2 is 1.79 bits per heavy atom. The fourth-order valence-corrected chi connectivity index (χ4v) is 7.23. The third kappa shape index (κ3) is 4.58. The summed E-state index contributed by atoms with van der Waals surface area (Å²) in [5.74, 6) is 0.936. The van der Waals surface area contributed by atoms with Gasteiger partial charge in [-0.05, 0) is 36.6 Å². The van der Waals surface area contributed by atoms with E-state index in [4.69, 9.17) is 9.47 Å². The molecule has 0 bridgehead atoms. The van der Waals surface area contributed by atoms with E-state index in [0.29, 0.717) is 6.67 Å². The molecule has 7 nitrogen and oxygen atoms in total. The van der Waals surface area contributed by atoms with Gasteiger partial charge in [0, 0.05) is 61.3 Å². The molecule has 1 fully saturated rings. The third-order valence-electron chi connectivity index (χ3n) is 8.15. The molecule has 4 heterocycles. The zero-order valence-corrected chi connectivity index (χ0v) is 23.2. The molecule has 3 aromatic rings. The summed E-state index contributed by atoms with van der Waals surface area (Å²) in [5, 5.41) is 2.43. The molecule has 0 amide bonds. The molecule has 3 unspecified atom stereocenters. The van der Waals surface area contributed by atoms with E-state index in [-0.39, 0.29) is 23.7 Å². The summed E-state index contributed by atoms with van der Waals surface area (Å²) >= 11 is 1.90. The number of methoxy groups -OCH3 is 1. The Morgan fingerprint density at radius 3 is 2.58 bits per heavy atom. The van der Waals surface area contributed by atoms with Gasteiger partial charge in [-0.2, -0.15) is 0 Å². The Balaban J connectivity index is 1.50. The van der Waals surface area contributed by atoms with Crippen LogP contribution in [0.5, 0.6) is 0 Å². The van der Waals surface area contributed by atoms with Crippen LogP contribution in [0.4, 0.5) is 0 Å². The second-order valence-corrected chi connectivity index (χ2v) is 11.4. The molecule has 38 heavy (non-hydrogen) atoms. The van der Waals surface area contributed by atoms with Crippen LogP contribution in [0.2, 0.25) is 0 Å². The standard InChI is InChI=1S/C30H36N4O3S/c1-21(18-31-14-16-37-17-15-31)32-20-34(33-13-12-26(35)22(2)28(33)30(32)36-3)29-24-9-5-4-8-23(24)19-38-27-11-7-6-10-25(27)29/h4-13,21,29-30H,14-20H2,1-3H3. The fraction of sp³-hybridized carbons (Fsp3) is 0.433. The van der Waals surface area contributed by atoms with Gasteiger partial charge in [-0.15, -0.1) is 11.8 Å². The average molecular weight is 533 g/mol. The van der Waals surface area contributed by atoms with Crippen molar-refractivity contribution in [2.24, 2.45) is 0 Å². The summed E-state index contributed by atoms with van der Waals surface area (Å²) in [5.41, 5.74) is 5.63. The largest absolute Gasteiger partial charge is 0.379 e. The van der Waals surface area contributed by atoms with Gasteiger partial charge in [0.25, 0.3) is 0 Å². The Labute approximate surface area is 228 Å². The van der Waals surface area contributed by atoms with Crippen LogP contribution in [0, 0.1) is 6.92 Å². The van der Waals surface area contributed by atoms with Gasteiger partial charge in [0.05, 0.1) is 31.6 Å². The molecule has 0 saturated carbocycles. The van der Waals surface area contributed by atoms with Crippen LogP contribution in [-0.4, -0.2) is 67.1 Å². The minimum Gasteiger partial charge on any atom is -0.379 e. The Morgan fingerprint density at radius 1 is 1.05 bits per heavy atom. The van der Waals surface area contributed by atoms with E-state index >= 15 is 0 Å². The topological polar surface area (TPSA) is 50.2 Å².